The first-order valence-electron chi connectivity index (χ1n) is 6.88. The van der Waals surface area contributed by atoms with Gasteiger partial charge in [-0.1, -0.05) is 12.8 Å². The van der Waals surface area contributed by atoms with Crippen molar-refractivity contribution >= 4 is 15.9 Å². The summed E-state index contributed by atoms with van der Waals surface area (Å²) in [4.78, 5) is 13.7. The number of sulfonamides is 1. The molecule has 0 aliphatic carbocycles. The number of nitrogens with two attached hydrogens (primary N) is 1. The van der Waals surface area contributed by atoms with Crippen LogP contribution in [-0.4, -0.2) is 62.5 Å². The first kappa shape index (κ1) is 16.4. The van der Waals surface area contributed by atoms with Gasteiger partial charge in [0.05, 0.1) is 6.26 Å². The van der Waals surface area contributed by atoms with Crippen molar-refractivity contribution in [1.82, 2.24) is 9.21 Å². The highest BCUT2D eigenvalue weighted by molar-refractivity contribution is 7.88. The van der Waals surface area contributed by atoms with Gasteiger partial charge < -0.3 is 10.6 Å². The molecule has 0 aromatic carbocycles. The van der Waals surface area contributed by atoms with Crippen LogP contribution >= 0.6 is 0 Å². The molecule has 0 unspecified atom stereocenters. The molecule has 1 aliphatic heterocycles. The molecule has 0 spiro atoms. The number of nitrogens with zero attached hydrogens (tertiary/aromatic N) is 2. The van der Waals surface area contributed by atoms with E-state index in [1.165, 1.54) is 10.6 Å². The molecule has 1 rings (SSSR count). The fourth-order valence-corrected chi connectivity index (χ4v) is 3.03. The van der Waals surface area contributed by atoms with E-state index in [0.29, 0.717) is 39.1 Å². The van der Waals surface area contributed by atoms with E-state index in [4.69, 9.17) is 5.73 Å². The van der Waals surface area contributed by atoms with Crippen LogP contribution in [0.5, 0.6) is 0 Å². The summed E-state index contributed by atoms with van der Waals surface area (Å²) in [5, 5.41) is 0. The van der Waals surface area contributed by atoms with Crippen LogP contribution in [0.15, 0.2) is 0 Å². The molecular weight excluding hydrogens is 266 g/mol. The van der Waals surface area contributed by atoms with Gasteiger partial charge >= 0.3 is 0 Å². The van der Waals surface area contributed by atoms with Crippen LogP contribution in [0.1, 0.15) is 32.1 Å². The second-order valence-electron chi connectivity index (χ2n) is 5.00. The Kier molecular flexibility index (Phi) is 6.74. The normalized spacial score (nSPS) is 17.7. The molecule has 1 saturated heterocycles. The summed E-state index contributed by atoms with van der Waals surface area (Å²) in [6.07, 6.45) is 5.79. The average Bonchev–Trinajstić information content (AvgIpc) is 2.37. The van der Waals surface area contributed by atoms with Gasteiger partial charge in [-0.15, -0.1) is 0 Å². The minimum absolute atomic E-state index is 0.140. The molecule has 0 aromatic rings. The molecule has 1 aliphatic rings. The van der Waals surface area contributed by atoms with Crippen molar-refractivity contribution in [3.05, 3.63) is 0 Å². The van der Waals surface area contributed by atoms with Gasteiger partial charge in [0.1, 0.15) is 0 Å². The van der Waals surface area contributed by atoms with Crippen LogP contribution in [0, 0.1) is 0 Å². The molecule has 0 saturated carbocycles. The zero-order valence-electron chi connectivity index (χ0n) is 11.7. The van der Waals surface area contributed by atoms with E-state index in [1.807, 2.05) is 0 Å². The Morgan fingerprint density at radius 1 is 1.05 bits per heavy atom. The minimum atomic E-state index is -3.12. The molecule has 19 heavy (non-hydrogen) atoms. The maximum absolute atomic E-state index is 11.9. The van der Waals surface area contributed by atoms with E-state index in [9.17, 15) is 13.2 Å². The Hall–Kier alpha value is -0.660. The van der Waals surface area contributed by atoms with Crippen LogP contribution in [0.4, 0.5) is 0 Å². The number of unbranched alkanes of at least 4 members (excludes halogenated alkanes) is 3. The molecule has 0 atom stereocenters. The van der Waals surface area contributed by atoms with Gasteiger partial charge in [-0.05, 0) is 19.4 Å². The van der Waals surface area contributed by atoms with Gasteiger partial charge in [-0.3, -0.25) is 4.79 Å². The van der Waals surface area contributed by atoms with Gasteiger partial charge in [0, 0.05) is 32.6 Å². The second-order valence-corrected chi connectivity index (χ2v) is 6.98. The highest BCUT2D eigenvalue weighted by Crippen LogP contribution is 2.10. The summed E-state index contributed by atoms with van der Waals surface area (Å²) in [6.45, 7) is 2.56. The highest BCUT2D eigenvalue weighted by atomic mass is 32.2. The van der Waals surface area contributed by atoms with Gasteiger partial charge in [0.25, 0.3) is 0 Å². The van der Waals surface area contributed by atoms with E-state index in [2.05, 4.69) is 0 Å². The molecule has 112 valence electrons. The Morgan fingerprint density at radius 3 is 2.16 bits per heavy atom. The quantitative estimate of drug-likeness (QED) is 0.669. The zero-order chi connectivity index (χ0) is 14.3. The van der Waals surface area contributed by atoms with Crippen molar-refractivity contribution in [3.63, 3.8) is 0 Å². The molecule has 0 bridgehead atoms. The molecule has 7 heteroatoms. The lowest BCUT2D eigenvalue weighted by atomic mass is 10.1. The largest absolute Gasteiger partial charge is 0.340 e. The van der Waals surface area contributed by atoms with Crippen molar-refractivity contribution in [2.75, 3.05) is 39.0 Å². The summed E-state index contributed by atoms with van der Waals surface area (Å²) in [5.41, 5.74) is 5.41. The number of amides is 1. The monoisotopic (exact) mass is 291 g/mol. The number of piperazine rings is 1. The minimum Gasteiger partial charge on any atom is -0.340 e. The van der Waals surface area contributed by atoms with Crippen molar-refractivity contribution in [2.45, 2.75) is 32.1 Å². The fraction of sp³-hybridized carbons (Fsp3) is 0.917. The van der Waals surface area contributed by atoms with Crippen molar-refractivity contribution in [2.24, 2.45) is 5.73 Å². The van der Waals surface area contributed by atoms with E-state index < -0.39 is 10.0 Å². The first-order valence-corrected chi connectivity index (χ1v) is 8.73. The Labute approximate surface area is 116 Å². The van der Waals surface area contributed by atoms with Gasteiger partial charge in [-0.2, -0.15) is 4.31 Å². The van der Waals surface area contributed by atoms with Crippen LogP contribution in [0.3, 0.4) is 0 Å². The van der Waals surface area contributed by atoms with E-state index in [-0.39, 0.29) is 5.91 Å². The molecule has 6 nitrogen and oxygen atoms in total. The summed E-state index contributed by atoms with van der Waals surface area (Å²) >= 11 is 0. The van der Waals surface area contributed by atoms with Crippen LogP contribution in [-0.2, 0) is 14.8 Å². The van der Waals surface area contributed by atoms with Crippen LogP contribution < -0.4 is 5.73 Å². The molecule has 0 radical (unpaired) electrons. The van der Waals surface area contributed by atoms with Gasteiger partial charge in [0.2, 0.25) is 15.9 Å². The number of rotatable bonds is 7. The molecular formula is C12H25N3O3S. The summed E-state index contributed by atoms with van der Waals surface area (Å²) in [7, 11) is -3.12. The third-order valence-corrected chi connectivity index (χ3v) is 4.71. The smallest absolute Gasteiger partial charge is 0.222 e. The lowest BCUT2D eigenvalue weighted by molar-refractivity contribution is -0.132. The topological polar surface area (TPSA) is 83.7 Å². The predicted octanol–water partition coefficient (Wildman–Crippen LogP) is -0.000600. The molecule has 0 aromatic heterocycles. The summed E-state index contributed by atoms with van der Waals surface area (Å²) in [5.74, 6) is 0.140. The maximum atomic E-state index is 11.9. The number of carbonyl (C=O) groups is 1. The Morgan fingerprint density at radius 2 is 1.63 bits per heavy atom. The Balaban J connectivity index is 2.22. The van der Waals surface area contributed by atoms with Crippen molar-refractivity contribution in [3.8, 4) is 0 Å². The fourth-order valence-electron chi connectivity index (χ4n) is 2.20. The maximum Gasteiger partial charge on any atom is 0.222 e. The van der Waals surface area contributed by atoms with E-state index in [0.717, 1.165) is 25.7 Å². The third kappa shape index (κ3) is 5.88. The van der Waals surface area contributed by atoms with Crippen molar-refractivity contribution < 1.29 is 13.2 Å². The number of hydrogen-bond acceptors (Lipinski definition) is 4. The predicted molar refractivity (Wildman–Crippen MR) is 75.1 cm³/mol. The lowest BCUT2D eigenvalue weighted by Gasteiger charge is -2.33. The molecule has 1 fully saturated rings. The third-order valence-electron chi connectivity index (χ3n) is 3.41. The summed E-state index contributed by atoms with van der Waals surface area (Å²) in [6, 6.07) is 0. The highest BCUT2D eigenvalue weighted by Gasteiger charge is 2.25. The standard InChI is InChI=1S/C12H25N3O3S/c1-19(17,18)15-10-8-14(9-11-15)12(16)6-4-2-3-5-7-13/h2-11,13H2,1H3. The summed E-state index contributed by atoms with van der Waals surface area (Å²) < 4.78 is 24.1. The SMILES string of the molecule is CS(=O)(=O)N1CCN(C(=O)CCCCCCN)CC1. The van der Waals surface area contributed by atoms with Gasteiger partial charge in [0.15, 0.2) is 0 Å². The number of hydrogen-bond donors (Lipinski definition) is 1. The second kappa shape index (κ2) is 7.81. The number of carbonyl (C=O) groups excluding carboxylic acids is 1. The average molecular weight is 291 g/mol. The first-order chi connectivity index (χ1) is 8.95. The van der Waals surface area contributed by atoms with E-state index >= 15 is 0 Å². The molecule has 1 heterocycles. The molecule has 1 amide bonds. The lowest BCUT2D eigenvalue weighted by Crippen LogP contribution is -2.50. The van der Waals surface area contributed by atoms with Crippen LogP contribution in [0.2, 0.25) is 0 Å². The van der Waals surface area contributed by atoms with Crippen molar-refractivity contribution in [1.29, 1.82) is 0 Å². The molecule has 2 N–H and O–H groups in total. The van der Waals surface area contributed by atoms with Crippen LogP contribution in [0.25, 0.3) is 0 Å². The van der Waals surface area contributed by atoms with Gasteiger partial charge in [-0.25, -0.2) is 8.42 Å². The Bertz CT molecular complexity index is 376. The van der Waals surface area contributed by atoms with E-state index in [1.54, 1.807) is 4.90 Å². The zero-order valence-corrected chi connectivity index (χ0v) is 12.5.